The quantitative estimate of drug-likeness (QED) is 0.921. The molecule has 2 amide bonds. The third-order valence-electron chi connectivity index (χ3n) is 4.47. The molecule has 0 saturated carbocycles. The van der Waals surface area contributed by atoms with Gasteiger partial charge in [-0.25, -0.2) is 0 Å². The van der Waals surface area contributed by atoms with E-state index in [1.54, 1.807) is 0 Å². The van der Waals surface area contributed by atoms with Crippen LogP contribution in [-0.4, -0.2) is 49.1 Å². The van der Waals surface area contributed by atoms with Crippen LogP contribution < -0.4 is 5.32 Å². The average molecular weight is 322 g/mol. The molecule has 1 aromatic rings. The van der Waals surface area contributed by atoms with E-state index in [9.17, 15) is 9.59 Å². The summed E-state index contributed by atoms with van der Waals surface area (Å²) >= 11 is 1.53. The van der Waals surface area contributed by atoms with E-state index in [0.717, 1.165) is 44.3 Å². The van der Waals surface area contributed by atoms with E-state index in [1.807, 2.05) is 21.7 Å². The van der Waals surface area contributed by atoms with Crippen LogP contribution in [0, 0.1) is 5.92 Å². The number of nitrogens with one attached hydrogen (secondary N) is 1. The van der Waals surface area contributed by atoms with Gasteiger partial charge in [0, 0.05) is 37.2 Å². The number of amides is 2. The Morgan fingerprint density at radius 2 is 2.14 bits per heavy atom. The van der Waals surface area contributed by atoms with Gasteiger partial charge in [0.05, 0.1) is 0 Å². The van der Waals surface area contributed by atoms with Crippen molar-refractivity contribution in [1.29, 1.82) is 0 Å². The first-order valence-electron chi connectivity index (χ1n) is 7.95. The van der Waals surface area contributed by atoms with Crippen molar-refractivity contribution >= 4 is 23.2 Å². The molecule has 22 heavy (non-hydrogen) atoms. The number of nitrogens with zero attached hydrogens (tertiary/aromatic N) is 1. The fraction of sp³-hybridized carbons (Fsp3) is 0.625. The summed E-state index contributed by atoms with van der Waals surface area (Å²) in [5.41, 5.74) is 0.732. The van der Waals surface area contributed by atoms with Crippen LogP contribution in [0.1, 0.15) is 36.0 Å². The molecule has 0 radical (unpaired) electrons. The van der Waals surface area contributed by atoms with E-state index in [2.05, 4.69) is 5.32 Å². The van der Waals surface area contributed by atoms with Crippen LogP contribution in [0.4, 0.5) is 0 Å². The summed E-state index contributed by atoms with van der Waals surface area (Å²) in [5.74, 6) is 0.605. The number of thiophene rings is 1. The molecular formula is C16H22N2O3S. The Hall–Kier alpha value is -1.40. The monoisotopic (exact) mass is 322 g/mol. The molecule has 2 fully saturated rings. The molecule has 1 N–H and O–H groups in total. The Kier molecular flexibility index (Phi) is 5.10. The summed E-state index contributed by atoms with van der Waals surface area (Å²) in [7, 11) is 0. The van der Waals surface area contributed by atoms with E-state index in [1.165, 1.54) is 11.3 Å². The maximum atomic E-state index is 12.3. The minimum Gasteiger partial charge on any atom is -0.368 e. The maximum absolute atomic E-state index is 12.3. The lowest BCUT2D eigenvalue weighted by Crippen LogP contribution is -2.45. The largest absolute Gasteiger partial charge is 0.368 e. The standard InChI is InChI=1S/C16H22N2O3S/c19-15(13-5-9-22-11-13)17-10-12-3-6-18(7-4-12)16(20)14-2-1-8-21-14/h5,9,11-12,14H,1-4,6-8,10H2,(H,17,19)/t14-/m1/s1. The lowest BCUT2D eigenvalue weighted by Gasteiger charge is -2.33. The lowest BCUT2D eigenvalue weighted by molar-refractivity contribution is -0.142. The van der Waals surface area contributed by atoms with Gasteiger partial charge in [-0.1, -0.05) is 0 Å². The molecule has 6 heteroatoms. The number of piperidine rings is 1. The zero-order valence-corrected chi connectivity index (χ0v) is 13.4. The fourth-order valence-electron chi connectivity index (χ4n) is 3.07. The number of hydrogen-bond acceptors (Lipinski definition) is 4. The van der Waals surface area contributed by atoms with Crippen LogP contribution in [0.25, 0.3) is 0 Å². The first-order valence-corrected chi connectivity index (χ1v) is 8.89. The molecule has 1 atom stereocenters. The molecule has 0 aromatic carbocycles. The summed E-state index contributed by atoms with van der Waals surface area (Å²) < 4.78 is 5.47. The molecule has 3 heterocycles. The SMILES string of the molecule is O=C(NCC1CCN(C(=O)[C@H]2CCCO2)CC1)c1ccsc1. The van der Waals surface area contributed by atoms with Gasteiger partial charge in [0.25, 0.3) is 11.8 Å². The van der Waals surface area contributed by atoms with Gasteiger partial charge in [0.2, 0.25) is 0 Å². The van der Waals surface area contributed by atoms with Crippen LogP contribution in [0.3, 0.4) is 0 Å². The molecular weight excluding hydrogens is 300 g/mol. The molecule has 5 nitrogen and oxygen atoms in total. The molecule has 2 aliphatic heterocycles. The van der Waals surface area contributed by atoms with Crippen LogP contribution in [0.2, 0.25) is 0 Å². The number of likely N-dealkylation sites (tertiary alicyclic amines) is 1. The van der Waals surface area contributed by atoms with Gasteiger partial charge < -0.3 is 15.0 Å². The highest BCUT2D eigenvalue weighted by Crippen LogP contribution is 2.21. The predicted molar refractivity (Wildman–Crippen MR) is 84.9 cm³/mol. The molecule has 0 unspecified atom stereocenters. The first kappa shape index (κ1) is 15.5. The van der Waals surface area contributed by atoms with Crippen molar-refractivity contribution in [1.82, 2.24) is 10.2 Å². The van der Waals surface area contributed by atoms with Crippen molar-refractivity contribution in [3.63, 3.8) is 0 Å². The van der Waals surface area contributed by atoms with E-state index in [0.29, 0.717) is 19.1 Å². The first-order chi connectivity index (χ1) is 10.7. The van der Waals surface area contributed by atoms with Crippen molar-refractivity contribution < 1.29 is 14.3 Å². The van der Waals surface area contributed by atoms with Crippen molar-refractivity contribution in [3.05, 3.63) is 22.4 Å². The van der Waals surface area contributed by atoms with Crippen molar-refractivity contribution in [2.45, 2.75) is 31.8 Å². The molecule has 0 aliphatic carbocycles. The normalized spacial score (nSPS) is 22.7. The van der Waals surface area contributed by atoms with Crippen molar-refractivity contribution in [2.75, 3.05) is 26.2 Å². The summed E-state index contributed by atoms with van der Waals surface area (Å²) in [5, 5.41) is 6.76. The Bertz CT molecular complexity index is 503. The molecule has 0 bridgehead atoms. The van der Waals surface area contributed by atoms with Gasteiger partial charge >= 0.3 is 0 Å². The van der Waals surface area contributed by atoms with Gasteiger partial charge in [-0.2, -0.15) is 11.3 Å². The number of rotatable bonds is 4. The highest BCUT2D eigenvalue weighted by Gasteiger charge is 2.30. The van der Waals surface area contributed by atoms with Gasteiger partial charge in [-0.05, 0) is 43.0 Å². The Morgan fingerprint density at radius 1 is 1.32 bits per heavy atom. The second-order valence-electron chi connectivity index (χ2n) is 5.99. The van der Waals surface area contributed by atoms with E-state index in [-0.39, 0.29) is 17.9 Å². The summed E-state index contributed by atoms with van der Waals surface area (Å²) in [6.45, 7) is 2.95. The summed E-state index contributed by atoms with van der Waals surface area (Å²) in [6.07, 6.45) is 3.52. The molecule has 1 aromatic heterocycles. The Labute approximate surface area is 134 Å². The molecule has 2 saturated heterocycles. The number of carbonyl (C=O) groups excluding carboxylic acids is 2. The summed E-state index contributed by atoms with van der Waals surface area (Å²) in [6, 6.07) is 1.84. The maximum Gasteiger partial charge on any atom is 0.252 e. The van der Waals surface area contributed by atoms with Gasteiger partial charge in [-0.3, -0.25) is 9.59 Å². The van der Waals surface area contributed by atoms with E-state index in [4.69, 9.17) is 4.74 Å². The minimum atomic E-state index is -0.213. The zero-order valence-electron chi connectivity index (χ0n) is 12.6. The Balaban J connectivity index is 1.40. The highest BCUT2D eigenvalue weighted by molar-refractivity contribution is 7.08. The van der Waals surface area contributed by atoms with Gasteiger partial charge in [-0.15, -0.1) is 0 Å². The van der Waals surface area contributed by atoms with Crippen LogP contribution in [0.5, 0.6) is 0 Å². The fourth-order valence-corrected chi connectivity index (χ4v) is 3.70. The molecule has 0 spiro atoms. The number of ether oxygens (including phenoxy) is 1. The van der Waals surface area contributed by atoms with Crippen molar-refractivity contribution in [3.8, 4) is 0 Å². The highest BCUT2D eigenvalue weighted by atomic mass is 32.1. The second kappa shape index (κ2) is 7.24. The third kappa shape index (κ3) is 3.67. The van der Waals surface area contributed by atoms with Crippen LogP contribution >= 0.6 is 11.3 Å². The summed E-state index contributed by atoms with van der Waals surface area (Å²) in [4.78, 5) is 26.1. The zero-order chi connectivity index (χ0) is 15.4. The predicted octanol–water partition coefficient (Wildman–Crippen LogP) is 1.90. The topological polar surface area (TPSA) is 58.6 Å². The van der Waals surface area contributed by atoms with E-state index >= 15 is 0 Å². The minimum absolute atomic E-state index is 0.000823. The Morgan fingerprint density at radius 3 is 2.77 bits per heavy atom. The third-order valence-corrected chi connectivity index (χ3v) is 5.15. The molecule has 3 rings (SSSR count). The van der Waals surface area contributed by atoms with E-state index < -0.39 is 0 Å². The molecule has 2 aliphatic rings. The number of hydrogen-bond donors (Lipinski definition) is 1. The van der Waals surface area contributed by atoms with Gasteiger partial charge in [0.1, 0.15) is 6.10 Å². The average Bonchev–Trinajstić information content (AvgIpc) is 3.25. The second-order valence-corrected chi connectivity index (χ2v) is 6.77. The van der Waals surface area contributed by atoms with Crippen molar-refractivity contribution in [2.24, 2.45) is 5.92 Å². The van der Waals surface area contributed by atoms with Crippen LogP contribution in [0.15, 0.2) is 16.8 Å². The number of carbonyl (C=O) groups is 2. The van der Waals surface area contributed by atoms with Crippen LogP contribution in [-0.2, 0) is 9.53 Å². The lowest BCUT2D eigenvalue weighted by atomic mass is 9.96. The molecule has 120 valence electrons. The smallest absolute Gasteiger partial charge is 0.252 e. The van der Waals surface area contributed by atoms with Gasteiger partial charge in [0.15, 0.2) is 0 Å².